The highest BCUT2D eigenvalue weighted by atomic mass is 16.3. The summed E-state index contributed by atoms with van der Waals surface area (Å²) in [7, 11) is 0. The van der Waals surface area contributed by atoms with Crippen LogP contribution in [0.1, 0.15) is 22.3 Å². The van der Waals surface area contributed by atoms with Gasteiger partial charge in [-0.3, -0.25) is 0 Å². The normalized spacial score (nSPS) is 11.0. The standard InChI is InChI=1S/C70H39N4O2/c71-40-44-24-27-56-61-35-53(26-28-67(61)75-69(56)32-44)55-38-59(48-18-9-3-10-19-48)65(60(39-55)49-20-11-4-12-21-49)43-74-66-31-45(41-72)30-63-62-34-52(25-29-68(62)76-70(63)66)50-22-13-23-51(33-50)54-36-57(46-14-5-1-6-15-46)64(42-73)58(37-54)47-16-7-2-8-17-47/h1-39H/q+1. The number of hydrogen-bond donors (Lipinski definition) is 0. The van der Waals surface area contributed by atoms with E-state index in [1.807, 2.05) is 127 Å². The van der Waals surface area contributed by atoms with Crippen LogP contribution in [0.15, 0.2) is 245 Å². The van der Waals surface area contributed by atoms with Crippen molar-refractivity contribution in [2.45, 2.75) is 0 Å². The number of furan rings is 2. The molecule has 76 heavy (non-hydrogen) atoms. The SMILES string of the molecule is N#Cc1ccc2c(c1)oc1ccc(-c3cc(-c4ccccc4)c(C#[N+]c4cc(C#N)cc5c4oc4ccc(-c6cccc(-c7cc(-c8ccccc8)c(C#N)c(-c8ccccc8)c7)c6)cc45)c(-c4ccccc4)c3)cc12. The molecular weight excluding hydrogens is 929 g/mol. The van der Waals surface area contributed by atoms with Crippen LogP contribution in [0.25, 0.3) is 127 Å². The first-order chi connectivity index (χ1) is 37.5. The van der Waals surface area contributed by atoms with Gasteiger partial charge in [0.05, 0.1) is 34.9 Å². The molecule has 2 heterocycles. The van der Waals surface area contributed by atoms with Gasteiger partial charge in [-0.05, 0) is 139 Å². The number of fused-ring (bicyclic) bond motifs is 6. The third kappa shape index (κ3) is 8.09. The molecule has 0 radical (unpaired) electrons. The van der Waals surface area contributed by atoms with E-state index in [9.17, 15) is 15.8 Å². The highest BCUT2D eigenvalue weighted by molar-refractivity contribution is 6.11. The Morgan fingerprint density at radius 1 is 0.289 bits per heavy atom. The third-order valence-electron chi connectivity index (χ3n) is 14.2. The first-order valence-electron chi connectivity index (χ1n) is 24.8. The second-order valence-corrected chi connectivity index (χ2v) is 18.7. The molecule has 0 saturated carbocycles. The van der Waals surface area contributed by atoms with Gasteiger partial charge in [0.15, 0.2) is 0 Å². The second kappa shape index (κ2) is 18.9. The zero-order chi connectivity index (χ0) is 51.1. The maximum Gasteiger partial charge on any atom is 0.384 e. The molecule has 0 aliphatic rings. The van der Waals surface area contributed by atoms with Crippen molar-refractivity contribution in [3.8, 4) is 102 Å². The number of rotatable bonds is 7. The smallest absolute Gasteiger partial charge is 0.384 e. The molecule has 2 aromatic heterocycles. The van der Waals surface area contributed by atoms with Crippen LogP contribution >= 0.6 is 0 Å². The summed E-state index contributed by atoms with van der Waals surface area (Å²) in [5.74, 6) is 0. The largest absolute Gasteiger partial charge is 0.456 e. The van der Waals surface area contributed by atoms with Crippen molar-refractivity contribution in [2.75, 3.05) is 0 Å². The Morgan fingerprint density at radius 3 is 1.28 bits per heavy atom. The number of benzene rings is 11. The molecule has 0 saturated heterocycles. The Morgan fingerprint density at radius 2 is 0.750 bits per heavy atom. The molecule has 350 valence electrons. The van der Waals surface area contributed by atoms with E-state index in [-0.39, 0.29) is 0 Å². The monoisotopic (exact) mass is 967 g/mol. The minimum Gasteiger partial charge on any atom is -0.456 e. The predicted octanol–water partition coefficient (Wildman–Crippen LogP) is 18.8. The maximum absolute atomic E-state index is 10.6. The van der Waals surface area contributed by atoms with Gasteiger partial charge >= 0.3 is 11.8 Å². The minimum absolute atomic E-state index is 0.445. The van der Waals surface area contributed by atoms with Crippen LogP contribution in [0.3, 0.4) is 0 Å². The van der Waals surface area contributed by atoms with Gasteiger partial charge in [0.1, 0.15) is 28.4 Å². The molecule has 0 fully saturated rings. The quantitative estimate of drug-likeness (QED) is 0.158. The molecule has 0 bridgehead atoms. The summed E-state index contributed by atoms with van der Waals surface area (Å²) in [6.45, 7) is 0. The molecule has 0 aliphatic carbocycles. The Kier molecular flexibility index (Phi) is 11.1. The summed E-state index contributed by atoms with van der Waals surface area (Å²) in [5.41, 5.74) is 19.0. The van der Waals surface area contributed by atoms with Crippen LogP contribution < -0.4 is 0 Å². The molecule has 11 aromatic carbocycles. The summed E-state index contributed by atoms with van der Waals surface area (Å²) in [5, 5.41) is 34.1. The number of hydrogen-bond acceptors (Lipinski definition) is 5. The van der Waals surface area contributed by atoms with Crippen molar-refractivity contribution in [2.24, 2.45) is 0 Å². The van der Waals surface area contributed by atoms with E-state index < -0.39 is 0 Å². The van der Waals surface area contributed by atoms with Crippen molar-refractivity contribution in [1.29, 1.82) is 15.8 Å². The summed E-state index contributed by atoms with van der Waals surface area (Å²) < 4.78 is 12.9. The lowest BCUT2D eigenvalue weighted by Crippen LogP contribution is -1.93. The highest BCUT2D eigenvalue weighted by Crippen LogP contribution is 2.43. The van der Waals surface area contributed by atoms with Crippen LogP contribution in [0.2, 0.25) is 0 Å². The maximum atomic E-state index is 10.6. The zero-order valence-electron chi connectivity index (χ0n) is 40.6. The molecule has 6 nitrogen and oxygen atoms in total. The van der Waals surface area contributed by atoms with Gasteiger partial charge in [-0.25, -0.2) is 0 Å². The Hall–Kier alpha value is -11.0. The fourth-order valence-corrected chi connectivity index (χ4v) is 10.4. The van der Waals surface area contributed by atoms with E-state index in [4.69, 9.17) is 13.7 Å². The first kappa shape index (κ1) is 44.9. The molecule has 13 rings (SSSR count). The van der Waals surface area contributed by atoms with Gasteiger partial charge < -0.3 is 8.83 Å². The van der Waals surface area contributed by atoms with Crippen LogP contribution in [0.4, 0.5) is 5.69 Å². The molecule has 0 spiro atoms. The zero-order valence-corrected chi connectivity index (χ0v) is 40.6. The van der Waals surface area contributed by atoms with Crippen molar-refractivity contribution in [1.82, 2.24) is 0 Å². The van der Waals surface area contributed by atoms with Gasteiger partial charge in [-0.1, -0.05) is 152 Å². The lowest BCUT2D eigenvalue weighted by atomic mass is 9.88. The van der Waals surface area contributed by atoms with E-state index in [0.717, 1.165) is 111 Å². The van der Waals surface area contributed by atoms with E-state index in [1.165, 1.54) is 0 Å². The Bertz CT molecular complexity index is 4540. The van der Waals surface area contributed by atoms with Gasteiger partial charge in [0.25, 0.3) is 0 Å². The lowest BCUT2D eigenvalue weighted by molar-refractivity contribution is 0.669. The van der Waals surface area contributed by atoms with Crippen molar-refractivity contribution < 1.29 is 8.83 Å². The average Bonchev–Trinajstić information content (AvgIpc) is 4.09. The van der Waals surface area contributed by atoms with Crippen molar-refractivity contribution >= 4 is 49.6 Å². The van der Waals surface area contributed by atoms with Gasteiger partial charge in [0.2, 0.25) is 5.58 Å². The molecule has 0 unspecified atom stereocenters. The van der Waals surface area contributed by atoms with Gasteiger partial charge in [-0.15, -0.1) is 0 Å². The summed E-state index contributed by atoms with van der Waals surface area (Å²) in [6.07, 6.45) is 0. The molecule has 6 heteroatoms. The van der Waals surface area contributed by atoms with E-state index in [0.29, 0.717) is 39.1 Å². The highest BCUT2D eigenvalue weighted by Gasteiger charge is 2.24. The molecule has 0 amide bonds. The van der Waals surface area contributed by atoms with Crippen LogP contribution in [0, 0.1) is 40.1 Å². The topological polar surface area (TPSA) is 102 Å². The Labute approximate surface area is 437 Å². The third-order valence-corrected chi connectivity index (χ3v) is 14.2. The molecule has 13 aromatic rings. The fourth-order valence-electron chi connectivity index (χ4n) is 10.4. The predicted molar refractivity (Wildman–Crippen MR) is 306 cm³/mol. The minimum atomic E-state index is 0.445. The second-order valence-electron chi connectivity index (χ2n) is 18.7. The lowest BCUT2D eigenvalue weighted by Gasteiger charge is -2.15. The first-order valence-corrected chi connectivity index (χ1v) is 24.8. The van der Waals surface area contributed by atoms with Crippen LogP contribution in [0.5, 0.6) is 0 Å². The number of nitrogens with zero attached hydrogens (tertiary/aromatic N) is 4. The molecule has 0 aliphatic heterocycles. The fraction of sp³-hybridized carbons (Fsp3) is 0. The summed E-state index contributed by atoms with van der Waals surface area (Å²) in [4.78, 5) is 5.11. The molecule has 0 N–H and O–H groups in total. The molecule has 0 atom stereocenters. The summed E-state index contributed by atoms with van der Waals surface area (Å²) in [6, 6.07) is 89.9. The van der Waals surface area contributed by atoms with Crippen LogP contribution in [-0.2, 0) is 0 Å². The van der Waals surface area contributed by atoms with E-state index in [1.54, 1.807) is 12.1 Å². The Balaban J connectivity index is 0.936. The summed E-state index contributed by atoms with van der Waals surface area (Å²) >= 11 is 0. The van der Waals surface area contributed by atoms with Gasteiger partial charge in [0, 0.05) is 43.8 Å². The van der Waals surface area contributed by atoms with Crippen molar-refractivity contribution in [3.63, 3.8) is 0 Å². The average molecular weight is 968 g/mol. The van der Waals surface area contributed by atoms with E-state index in [2.05, 4.69) is 121 Å². The van der Waals surface area contributed by atoms with Gasteiger partial charge in [-0.2, -0.15) is 15.8 Å². The van der Waals surface area contributed by atoms with Crippen LogP contribution in [-0.4, -0.2) is 0 Å². The van der Waals surface area contributed by atoms with E-state index >= 15 is 0 Å². The van der Waals surface area contributed by atoms with Crippen molar-refractivity contribution in [3.05, 3.63) is 264 Å². The molecular formula is C70H39N4O2+. The number of nitriles is 3.